The van der Waals surface area contributed by atoms with E-state index in [9.17, 15) is 9.59 Å². The Morgan fingerprint density at radius 2 is 2.14 bits per heavy atom. The molecular formula is C10H16N2O2. The quantitative estimate of drug-likeness (QED) is 0.685. The van der Waals surface area contributed by atoms with Gasteiger partial charge in [0, 0.05) is 6.54 Å². The Morgan fingerprint density at radius 1 is 1.43 bits per heavy atom. The SMILES string of the molecule is CCCCN1C(=O)NC(C2CC2)C1=O. The molecule has 1 atom stereocenters. The van der Waals surface area contributed by atoms with Gasteiger partial charge in [-0.3, -0.25) is 9.69 Å². The molecule has 14 heavy (non-hydrogen) atoms. The Morgan fingerprint density at radius 3 is 2.71 bits per heavy atom. The number of imide groups is 1. The molecule has 4 heteroatoms. The molecule has 1 saturated heterocycles. The van der Waals surface area contributed by atoms with Crippen molar-refractivity contribution in [2.24, 2.45) is 5.92 Å². The second kappa shape index (κ2) is 3.59. The third-order valence-electron chi connectivity index (χ3n) is 2.88. The van der Waals surface area contributed by atoms with Crippen molar-refractivity contribution in [3.8, 4) is 0 Å². The molecule has 1 saturated carbocycles. The largest absolute Gasteiger partial charge is 0.326 e. The Balaban J connectivity index is 1.96. The highest BCUT2D eigenvalue weighted by molar-refractivity contribution is 6.04. The molecule has 4 nitrogen and oxygen atoms in total. The summed E-state index contributed by atoms with van der Waals surface area (Å²) in [5.74, 6) is 0.407. The van der Waals surface area contributed by atoms with Gasteiger partial charge in [0.15, 0.2) is 0 Å². The van der Waals surface area contributed by atoms with Crippen LogP contribution in [0.4, 0.5) is 4.79 Å². The van der Waals surface area contributed by atoms with Crippen LogP contribution in [0.3, 0.4) is 0 Å². The zero-order valence-corrected chi connectivity index (χ0v) is 8.45. The molecule has 2 fully saturated rings. The predicted molar refractivity (Wildman–Crippen MR) is 51.7 cm³/mol. The van der Waals surface area contributed by atoms with Gasteiger partial charge in [-0.2, -0.15) is 0 Å². The Labute approximate surface area is 83.6 Å². The number of urea groups is 1. The predicted octanol–water partition coefficient (Wildman–Crippen LogP) is 1.12. The summed E-state index contributed by atoms with van der Waals surface area (Å²) < 4.78 is 0. The zero-order chi connectivity index (χ0) is 10.1. The van der Waals surface area contributed by atoms with Crippen LogP contribution in [0, 0.1) is 5.92 Å². The number of unbranched alkanes of at least 4 members (excludes halogenated alkanes) is 1. The van der Waals surface area contributed by atoms with E-state index in [0.717, 1.165) is 25.7 Å². The van der Waals surface area contributed by atoms with Crippen LogP contribution in [0.1, 0.15) is 32.6 Å². The van der Waals surface area contributed by atoms with Gasteiger partial charge in [-0.1, -0.05) is 13.3 Å². The summed E-state index contributed by atoms with van der Waals surface area (Å²) in [6.45, 7) is 2.63. The van der Waals surface area contributed by atoms with E-state index in [-0.39, 0.29) is 18.0 Å². The summed E-state index contributed by atoms with van der Waals surface area (Å²) in [7, 11) is 0. The van der Waals surface area contributed by atoms with Gasteiger partial charge < -0.3 is 5.32 Å². The van der Waals surface area contributed by atoms with Crippen LogP contribution in [-0.2, 0) is 4.79 Å². The van der Waals surface area contributed by atoms with Crippen molar-refractivity contribution in [1.29, 1.82) is 0 Å². The van der Waals surface area contributed by atoms with Crippen LogP contribution in [-0.4, -0.2) is 29.4 Å². The fourth-order valence-corrected chi connectivity index (χ4v) is 1.82. The summed E-state index contributed by atoms with van der Waals surface area (Å²) >= 11 is 0. The van der Waals surface area contributed by atoms with Gasteiger partial charge in [0.2, 0.25) is 0 Å². The third-order valence-corrected chi connectivity index (χ3v) is 2.88. The number of nitrogens with one attached hydrogen (secondary N) is 1. The minimum absolute atomic E-state index is 0.00838. The highest BCUT2D eigenvalue weighted by Gasteiger charge is 2.45. The molecule has 2 aliphatic rings. The number of rotatable bonds is 4. The molecule has 0 aromatic carbocycles. The average molecular weight is 196 g/mol. The monoisotopic (exact) mass is 196 g/mol. The fourth-order valence-electron chi connectivity index (χ4n) is 1.82. The van der Waals surface area contributed by atoms with E-state index >= 15 is 0 Å². The van der Waals surface area contributed by atoms with Crippen molar-refractivity contribution in [2.45, 2.75) is 38.6 Å². The molecule has 0 radical (unpaired) electrons. The van der Waals surface area contributed by atoms with E-state index in [1.54, 1.807) is 0 Å². The lowest BCUT2D eigenvalue weighted by molar-refractivity contribution is -0.127. The minimum Gasteiger partial charge on any atom is -0.326 e. The van der Waals surface area contributed by atoms with Crippen LogP contribution in [0.25, 0.3) is 0 Å². The first-order valence-electron chi connectivity index (χ1n) is 5.36. The highest BCUT2D eigenvalue weighted by atomic mass is 16.2. The van der Waals surface area contributed by atoms with E-state index in [1.807, 2.05) is 0 Å². The van der Waals surface area contributed by atoms with Gasteiger partial charge in [0.1, 0.15) is 6.04 Å². The Hall–Kier alpha value is -1.06. The maximum absolute atomic E-state index is 11.7. The maximum Gasteiger partial charge on any atom is 0.324 e. The van der Waals surface area contributed by atoms with Crippen LogP contribution in [0.2, 0.25) is 0 Å². The first-order chi connectivity index (χ1) is 6.74. The van der Waals surface area contributed by atoms with Crippen molar-refractivity contribution >= 4 is 11.9 Å². The lowest BCUT2D eigenvalue weighted by atomic mass is 10.2. The molecule has 1 heterocycles. The molecule has 0 aromatic heterocycles. The van der Waals surface area contributed by atoms with Crippen molar-refractivity contribution in [3.63, 3.8) is 0 Å². The second-order valence-electron chi connectivity index (χ2n) is 4.11. The minimum atomic E-state index is -0.209. The summed E-state index contributed by atoms with van der Waals surface area (Å²) in [6, 6.07) is -0.403. The molecule has 1 aliphatic heterocycles. The summed E-state index contributed by atoms with van der Waals surface area (Å²) in [6.07, 6.45) is 4.07. The van der Waals surface area contributed by atoms with Crippen molar-refractivity contribution < 1.29 is 9.59 Å². The molecule has 0 spiro atoms. The standard InChI is InChI=1S/C10H16N2O2/c1-2-3-6-12-9(13)8(7-4-5-7)11-10(12)14/h7-8H,2-6H2,1H3,(H,11,14). The van der Waals surface area contributed by atoms with Gasteiger partial charge in [-0.05, 0) is 25.2 Å². The van der Waals surface area contributed by atoms with Gasteiger partial charge in [-0.15, -0.1) is 0 Å². The highest BCUT2D eigenvalue weighted by Crippen LogP contribution is 2.35. The molecular weight excluding hydrogens is 180 g/mol. The molecule has 3 amide bonds. The first-order valence-corrected chi connectivity index (χ1v) is 5.36. The normalized spacial score (nSPS) is 26.9. The van der Waals surface area contributed by atoms with Crippen LogP contribution in [0.15, 0.2) is 0 Å². The smallest absolute Gasteiger partial charge is 0.324 e. The molecule has 78 valence electrons. The summed E-state index contributed by atoms with van der Waals surface area (Å²) in [5, 5.41) is 2.76. The zero-order valence-electron chi connectivity index (χ0n) is 8.45. The number of hydrogen-bond acceptors (Lipinski definition) is 2. The molecule has 1 unspecified atom stereocenters. The fraction of sp³-hybridized carbons (Fsp3) is 0.800. The van der Waals surface area contributed by atoms with Gasteiger partial charge >= 0.3 is 6.03 Å². The van der Waals surface area contributed by atoms with Crippen molar-refractivity contribution in [3.05, 3.63) is 0 Å². The van der Waals surface area contributed by atoms with Gasteiger partial charge in [-0.25, -0.2) is 4.79 Å². The van der Waals surface area contributed by atoms with Gasteiger partial charge in [0.05, 0.1) is 0 Å². The average Bonchev–Trinajstić information content (AvgIpc) is 2.94. The Kier molecular flexibility index (Phi) is 2.44. The molecule has 2 rings (SSSR count). The molecule has 0 bridgehead atoms. The maximum atomic E-state index is 11.7. The Bertz CT molecular complexity index is 261. The molecule has 1 N–H and O–H groups in total. The van der Waals surface area contributed by atoms with Crippen LogP contribution in [0.5, 0.6) is 0 Å². The van der Waals surface area contributed by atoms with E-state index in [2.05, 4.69) is 12.2 Å². The van der Waals surface area contributed by atoms with Crippen LogP contribution >= 0.6 is 0 Å². The first kappa shape index (κ1) is 9.49. The molecule has 0 aromatic rings. The third kappa shape index (κ3) is 1.61. The number of amides is 3. The summed E-state index contributed by atoms with van der Waals surface area (Å²) in [5.41, 5.74) is 0. The van der Waals surface area contributed by atoms with Crippen LogP contribution < -0.4 is 5.32 Å². The van der Waals surface area contributed by atoms with E-state index < -0.39 is 0 Å². The number of hydrogen-bond donors (Lipinski definition) is 1. The lowest BCUT2D eigenvalue weighted by Gasteiger charge is -2.11. The van der Waals surface area contributed by atoms with E-state index in [0.29, 0.717) is 12.5 Å². The van der Waals surface area contributed by atoms with Crippen molar-refractivity contribution in [2.75, 3.05) is 6.54 Å². The number of carbonyl (C=O) groups is 2. The van der Waals surface area contributed by atoms with E-state index in [1.165, 1.54) is 4.90 Å². The lowest BCUT2D eigenvalue weighted by Crippen LogP contribution is -2.33. The number of carbonyl (C=O) groups excluding carboxylic acids is 2. The van der Waals surface area contributed by atoms with E-state index in [4.69, 9.17) is 0 Å². The van der Waals surface area contributed by atoms with Crippen molar-refractivity contribution in [1.82, 2.24) is 10.2 Å². The number of nitrogens with zero attached hydrogens (tertiary/aromatic N) is 1. The molecule has 1 aliphatic carbocycles. The second-order valence-corrected chi connectivity index (χ2v) is 4.11. The van der Waals surface area contributed by atoms with Gasteiger partial charge in [0.25, 0.3) is 5.91 Å². The topological polar surface area (TPSA) is 49.4 Å². The summed E-state index contributed by atoms with van der Waals surface area (Å²) in [4.78, 5) is 24.5.